The summed E-state index contributed by atoms with van der Waals surface area (Å²) in [6, 6.07) is 15.7. The first-order valence-corrected chi connectivity index (χ1v) is 8.26. The van der Waals surface area contributed by atoms with Crippen molar-refractivity contribution >= 4 is 18.4 Å². The van der Waals surface area contributed by atoms with Crippen LogP contribution in [0.3, 0.4) is 0 Å². The van der Waals surface area contributed by atoms with Crippen LogP contribution < -0.4 is 10.1 Å². The van der Waals surface area contributed by atoms with E-state index in [1.54, 1.807) is 7.11 Å². The third kappa shape index (κ3) is 4.33. The fourth-order valence-electron chi connectivity index (χ4n) is 3.41. The minimum atomic E-state index is -0.437. The number of ether oxygens (including phenoxy) is 2. The number of hydrogen-bond acceptors (Lipinski definition) is 4. The molecule has 0 aromatic heterocycles. The molecule has 1 aliphatic carbocycles. The van der Waals surface area contributed by atoms with Gasteiger partial charge in [-0.25, -0.2) is 4.79 Å². The number of carbonyl (C=O) groups excluding carboxylic acids is 1. The van der Waals surface area contributed by atoms with Crippen LogP contribution in [-0.4, -0.2) is 26.2 Å². The topological polar surface area (TPSA) is 47.6 Å². The Kier molecular flexibility index (Phi) is 6.85. The molecule has 2 aromatic carbocycles. The number of methoxy groups -OCH3 is 2. The van der Waals surface area contributed by atoms with Crippen molar-refractivity contribution in [2.24, 2.45) is 0 Å². The third-order valence-corrected chi connectivity index (χ3v) is 4.63. The van der Waals surface area contributed by atoms with Gasteiger partial charge in [0, 0.05) is 6.04 Å². The molecule has 4 nitrogen and oxygen atoms in total. The molecule has 2 atom stereocenters. The molecule has 1 N–H and O–H groups in total. The molecule has 0 radical (unpaired) electrons. The molecular formula is C20H24ClNO3. The molecule has 5 heteroatoms. The van der Waals surface area contributed by atoms with Gasteiger partial charge in [-0.3, -0.25) is 5.32 Å². The van der Waals surface area contributed by atoms with E-state index < -0.39 is 6.04 Å². The fraction of sp³-hybridized carbons (Fsp3) is 0.350. The summed E-state index contributed by atoms with van der Waals surface area (Å²) < 4.78 is 10.5. The first kappa shape index (κ1) is 19.3. The van der Waals surface area contributed by atoms with Gasteiger partial charge in [0.2, 0.25) is 0 Å². The van der Waals surface area contributed by atoms with Gasteiger partial charge in [0.05, 0.1) is 14.2 Å². The van der Waals surface area contributed by atoms with Gasteiger partial charge in [0.1, 0.15) is 11.8 Å². The Bertz CT molecular complexity index is 705. The van der Waals surface area contributed by atoms with Crippen LogP contribution in [0, 0.1) is 0 Å². The van der Waals surface area contributed by atoms with E-state index in [0.717, 1.165) is 30.6 Å². The SMILES string of the molecule is COC(=O)C(N[C@H]1CCc2c(cccc2OC)C1)c1ccccc1.Cl. The van der Waals surface area contributed by atoms with Crippen LogP contribution in [0.2, 0.25) is 0 Å². The van der Waals surface area contributed by atoms with E-state index in [9.17, 15) is 4.79 Å². The standard InChI is InChI=1S/C20H23NO3.ClH/c1-23-18-10-6-9-15-13-16(11-12-17(15)18)21-19(20(22)24-2)14-7-4-3-5-8-14;/h3-10,16,19,21H,11-13H2,1-2H3;1H/t16-,19?;/m0./s1. The second-order valence-corrected chi connectivity index (χ2v) is 6.07. The van der Waals surface area contributed by atoms with Crippen molar-refractivity contribution < 1.29 is 14.3 Å². The second kappa shape index (κ2) is 8.88. The Morgan fingerprint density at radius 2 is 1.88 bits per heavy atom. The first-order chi connectivity index (χ1) is 11.7. The van der Waals surface area contributed by atoms with E-state index >= 15 is 0 Å². The maximum Gasteiger partial charge on any atom is 0.327 e. The fourth-order valence-corrected chi connectivity index (χ4v) is 3.41. The molecule has 1 unspecified atom stereocenters. The number of fused-ring (bicyclic) bond motifs is 1. The molecule has 25 heavy (non-hydrogen) atoms. The molecule has 0 saturated carbocycles. The lowest BCUT2D eigenvalue weighted by atomic mass is 9.87. The highest BCUT2D eigenvalue weighted by Crippen LogP contribution is 2.30. The summed E-state index contributed by atoms with van der Waals surface area (Å²) in [5.41, 5.74) is 3.50. The van der Waals surface area contributed by atoms with Crippen LogP contribution in [0.4, 0.5) is 0 Å². The maximum absolute atomic E-state index is 12.2. The summed E-state index contributed by atoms with van der Waals surface area (Å²) in [5, 5.41) is 3.49. The van der Waals surface area contributed by atoms with E-state index in [1.807, 2.05) is 42.5 Å². The number of nitrogens with one attached hydrogen (secondary N) is 1. The molecule has 2 aromatic rings. The summed E-state index contributed by atoms with van der Waals surface area (Å²) in [6.45, 7) is 0. The number of rotatable bonds is 5. The van der Waals surface area contributed by atoms with Gasteiger partial charge in [0.25, 0.3) is 0 Å². The Hall–Kier alpha value is -2.04. The maximum atomic E-state index is 12.2. The van der Waals surface area contributed by atoms with Crippen molar-refractivity contribution in [1.82, 2.24) is 5.32 Å². The highest BCUT2D eigenvalue weighted by Gasteiger charge is 2.27. The highest BCUT2D eigenvalue weighted by atomic mass is 35.5. The number of hydrogen-bond donors (Lipinski definition) is 1. The van der Waals surface area contributed by atoms with Crippen LogP contribution in [0.5, 0.6) is 5.75 Å². The number of carbonyl (C=O) groups is 1. The van der Waals surface area contributed by atoms with Crippen LogP contribution in [0.25, 0.3) is 0 Å². The Balaban J connectivity index is 0.00000225. The van der Waals surface area contributed by atoms with Gasteiger partial charge in [-0.2, -0.15) is 0 Å². The van der Waals surface area contributed by atoms with Crippen LogP contribution in [0.15, 0.2) is 48.5 Å². The average molecular weight is 362 g/mol. The Morgan fingerprint density at radius 3 is 2.56 bits per heavy atom. The summed E-state index contributed by atoms with van der Waals surface area (Å²) in [6.07, 6.45) is 2.79. The van der Waals surface area contributed by atoms with Crippen LogP contribution >= 0.6 is 12.4 Å². The lowest BCUT2D eigenvalue weighted by Crippen LogP contribution is -2.40. The number of benzene rings is 2. The molecule has 0 spiro atoms. The molecular weight excluding hydrogens is 338 g/mol. The van der Waals surface area contributed by atoms with E-state index in [1.165, 1.54) is 18.2 Å². The molecule has 0 saturated heterocycles. The molecule has 0 fully saturated rings. The number of esters is 1. The minimum Gasteiger partial charge on any atom is -0.496 e. The van der Waals surface area contributed by atoms with Crippen molar-refractivity contribution in [1.29, 1.82) is 0 Å². The lowest BCUT2D eigenvalue weighted by Gasteiger charge is -2.29. The predicted molar refractivity (Wildman–Crippen MR) is 100 cm³/mol. The highest BCUT2D eigenvalue weighted by molar-refractivity contribution is 5.85. The molecule has 0 aliphatic heterocycles. The predicted octanol–water partition coefficient (Wildman–Crippen LogP) is 3.48. The zero-order valence-corrected chi connectivity index (χ0v) is 15.3. The lowest BCUT2D eigenvalue weighted by molar-refractivity contribution is -0.143. The quantitative estimate of drug-likeness (QED) is 0.828. The van der Waals surface area contributed by atoms with Crippen LogP contribution in [-0.2, 0) is 22.4 Å². The zero-order valence-electron chi connectivity index (χ0n) is 14.5. The first-order valence-electron chi connectivity index (χ1n) is 8.26. The zero-order chi connectivity index (χ0) is 16.9. The van der Waals surface area contributed by atoms with Gasteiger partial charge in [-0.15, -0.1) is 12.4 Å². The number of halogens is 1. The summed E-state index contributed by atoms with van der Waals surface area (Å²) in [7, 11) is 3.14. The largest absolute Gasteiger partial charge is 0.496 e. The summed E-state index contributed by atoms with van der Waals surface area (Å²) in [5.74, 6) is 0.705. The van der Waals surface area contributed by atoms with Crippen molar-refractivity contribution in [3.63, 3.8) is 0 Å². The summed E-state index contributed by atoms with van der Waals surface area (Å²) >= 11 is 0. The van der Waals surface area contributed by atoms with E-state index in [4.69, 9.17) is 9.47 Å². The minimum absolute atomic E-state index is 0. The second-order valence-electron chi connectivity index (χ2n) is 6.07. The molecule has 0 bridgehead atoms. The van der Waals surface area contributed by atoms with E-state index in [2.05, 4.69) is 11.4 Å². The molecule has 0 amide bonds. The summed E-state index contributed by atoms with van der Waals surface area (Å²) in [4.78, 5) is 12.2. The Labute approximate surface area is 154 Å². The smallest absolute Gasteiger partial charge is 0.327 e. The normalized spacial score (nSPS) is 17.0. The van der Waals surface area contributed by atoms with Crippen molar-refractivity contribution in [3.05, 3.63) is 65.2 Å². The van der Waals surface area contributed by atoms with Crippen molar-refractivity contribution in [2.45, 2.75) is 31.3 Å². The molecule has 1 aliphatic rings. The molecule has 3 rings (SSSR count). The van der Waals surface area contributed by atoms with Crippen molar-refractivity contribution in [3.8, 4) is 5.75 Å². The van der Waals surface area contributed by atoms with Gasteiger partial charge in [-0.1, -0.05) is 42.5 Å². The van der Waals surface area contributed by atoms with Gasteiger partial charge >= 0.3 is 5.97 Å². The molecule has 134 valence electrons. The van der Waals surface area contributed by atoms with E-state index in [0.29, 0.717) is 0 Å². The van der Waals surface area contributed by atoms with Gasteiger partial charge < -0.3 is 9.47 Å². The van der Waals surface area contributed by atoms with Gasteiger partial charge in [0.15, 0.2) is 0 Å². The average Bonchev–Trinajstić information content (AvgIpc) is 2.65. The van der Waals surface area contributed by atoms with Gasteiger partial charge in [-0.05, 0) is 42.0 Å². The molecule has 0 heterocycles. The van der Waals surface area contributed by atoms with Crippen molar-refractivity contribution in [2.75, 3.05) is 14.2 Å². The van der Waals surface area contributed by atoms with E-state index in [-0.39, 0.29) is 24.4 Å². The third-order valence-electron chi connectivity index (χ3n) is 4.63. The van der Waals surface area contributed by atoms with Crippen LogP contribution in [0.1, 0.15) is 29.2 Å². The monoisotopic (exact) mass is 361 g/mol. The Morgan fingerprint density at radius 1 is 1.12 bits per heavy atom.